The third-order valence-electron chi connectivity index (χ3n) is 2.69. The van der Waals surface area contributed by atoms with E-state index in [0.717, 1.165) is 5.56 Å². The van der Waals surface area contributed by atoms with Crippen molar-refractivity contribution < 1.29 is 9.52 Å². The van der Waals surface area contributed by atoms with Gasteiger partial charge in [-0.3, -0.25) is 0 Å². The van der Waals surface area contributed by atoms with Crippen LogP contribution in [0.15, 0.2) is 33.2 Å². The lowest BCUT2D eigenvalue weighted by Crippen LogP contribution is -2.07. The first-order chi connectivity index (χ1) is 8.95. The van der Waals surface area contributed by atoms with E-state index in [9.17, 15) is 9.90 Å². The second-order valence-corrected chi connectivity index (χ2v) is 5.09. The van der Waals surface area contributed by atoms with Crippen LogP contribution in [0.1, 0.15) is 31.5 Å². The fourth-order valence-corrected chi connectivity index (χ4v) is 1.85. The molecule has 0 saturated carbocycles. The zero-order valence-corrected chi connectivity index (χ0v) is 11.3. The van der Waals surface area contributed by atoms with Crippen LogP contribution >= 0.6 is 0 Å². The molecule has 100 valence electrons. The van der Waals surface area contributed by atoms with E-state index in [1.165, 1.54) is 6.08 Å². The molecule has 0 unspecified atom stereocenters. The second-order valence-electron chi connectivity index (χ2n) is 5.09. The molecule has 0 saturated heterocycles. The van der Waals surface area contributed by atoms with Crippen molar-refractivity contribution in [2.24, 2.45) is 5.92 Å². The fourth-order valence-electron chi connectivity index (χ4n) is 1.85. The SMILES string of the molecule is Cc1ccc2oc(=O)c(/C=C(\O)CC(C)C)nc2c1. The van der Waals surface area contributed by atoms with Crippen LogP contribution in [0.25, 0.3) is 17.2 Å². The number of hydrogen-bond donors (Lipinski definition) is 1. The summed E-state index contributed by atoms with van der Waals surface area (Å²) in [6.45, 7) is 5.92. The summed E-state index contributed by atoms with van der Waals surface area (Å²) < 4.78 is 5.18. The zero-order chi connectivity index (χ0) is 14.0. The Morgan fingerprint density at radius 2 is 2.21 bits per heavy atom. The molecule has 4 heteroatoms. The van der Waals surface area contributed by atoms with E-state index in [-0.39, 0.29) is 11.5 Å². The molecule has 0 amide bonds. The molecule has 0 aliphatic heterocycles. The van der Waals surface area contributed by atoms with Crippen LogP contribution < -0.4 is 5.63 Å². The van der Waals surface area contributed by atoms with E-state index in [1.807, 2.05) is 32.9 Å². The van der Waals surface area contributed by atoms with Gasteiger partial charge < -0.3 is 9.52 Å². The molecular weight excluding hydrogens is 242 g/mol. The van der Waals surface area contributed by atoms with Gasteiger partial charge >= 0.3 is 5.63 Å². The van der Waals surface area contributed by atoms with Gasteiger partial charge in [0.1, 0.15) is 5.52 Å². The normalized spacial score (nSPS) is 12.3. The van der Waals surface area contributed by atoms with Gasteiger partial charge in [-0.2, -0.15) is 0 Å². The molecule has 1 heterocycles. The number of aliphatic hydroxyl groups excluding tert-OH is 1. The largest absolute Gasteiger partial charge is 0.512 e. The number of fused-ring (bicyclic) bond motifs is 1. The minimum absolute atomic E-state index is 0.135. The minimum Gasteiger partial charge on any atom is -0.512 e. The summed E-state index contributed by atoms with van der Waals surface area (Å²) in [5, 5.41) is 9.76. The van der Waals surface area contributed by atoms with Crippen LogP contribution in [0.4, 0.5) is 0 Å². The van der Waals surface area contributed by atoms with Gasteiger partial charge in [0.2, 0.25) is 0 Å². The van der Waals surface area contributed by atoms with Crippen LogP contribution in [0.3, 0.4) is 0 Å². The molecule has 0 spiro atoms. The van der Waals surface area contributed by atoms with Crippen molar-refractivity contribution in [1.29, 1.82) is 0 Å². The van der Waals surface area contributed by atoms with Crippen LogP contribution in [0, 0.1) is 12.8 Å². The quantitative estimate of drug-likeness (QED) is 0.857. The first kappa shape index (κ1) is 13.3. The highest BCUT2D eigenvalue weighted by Gasteiger charge is 2.07. The standard InChI is InChI=1S/C15H17NO3/c1-9(2)6-11(17)8-13-15(18)19-14-5-4-10(3)7-12(14)16-13/h4-5,7-9,17H,6H2,1-3H3/b11-8-. The fraction of sp³-hybridized carbons (Fsp3) is 0.333. The summed E-state index contributed by atoms with van der Waals surface area (Å²) in [6.07, 6.45) is 1.89. The molecular formula is C15H17NO3. The molecule has 1 N–H and O–H groups in total. The Balaban J connectivity index is 2.49. The molecule has 0 aliphatic rings. The van der Waals surface area contributed by atoms with Gasteiger partial charge in [0.05, 0.1) is 5.76 Å². The van der Waals surface area contributed by atoms with Crippen molar-refractivity contribution >= 4 is 17.2 Å². The number of aryl methyl sites for hydroxylation is 1. The number of benzene rings is 1. The summed E-state index contributed by atoms with van der Waals surface area (Å²) in [7, 11) is 0. The minimum atomic E-state index is -0.536. The predicted molar refractivity (Wildman–Crippen MR) is 75.1 cm³/mol. The molecule has 0 atom stereocenters. The van der Waals surface area contributed by atoms with E-state index in [0.29, 0.717) is 23.4 Å². The molecule has 19 heavy (non-hydrogen) atoms. The van der Waals surface area contributed by atoms with Crippen LogP contribution in [0.5, 0.6) is 0 Å². The molecule has 2 rings (SSSR count). The van der Waals surface area contributed by atoms with Crippen molar-refractivity contribution in [2.45, 2.75) is 27.2 Å². The summed E-state index contributed by atoms with van der Waals surface area (Å²) in [6, 6.07) is 5.42. The van der Waals surface area contributed by atoms with Gasteiger partial charge in [0, 0.05) is 12.5 Å². The summed E-state index contributed by atoms with van der Waals surface area (Å²) in [5.74, 6) is 0.452. The van der Waals surface area contributed by atoms with Gasteiger partial charge in [-0.05, 0) is 30.5 Å². The number of nitrogens with zero attached hydrogens (tertiary/aromatic N) is 1. The Hall–Kier alpha value is -2.10. The molecule has 0 bridgehead atoms. The number of aliphatic hydroxyl groups is 1. The average Bonchev–Trinajstić information content (AvgIpc) is 2.29. The molecule has 2 aromatic rings. The summed E-state index contributed by atoms with van der Waals surface area (Å²) in [5.41, 5.74) is 1.71. The van der Waals surface area contributed by atoms with Crippen LogP contribution in [-0.4, -0.2) is 10.1 Å². The van der Waals surface area contributed by atoms with Gasteiger partial charge in [-0.15, -0.1) is 0 Å². The first-order valence-electron chi connectivity index (χ1n) is 6.27. The average molecular weight is 259 g/mol. The lowest BCUT2D eigenvalue weighted by molar-refractivity contribution is 0.370. The van der Waals surface area contributed by atoms with E-state index in [1.54, 1.807) is 6.07 Å². The monoisotopic (exact) mass is 259 g/mol. The van der Waals surface area contributed by atoms with Crippen molar-refractivity contribution in [1.82, 2.24) is 4.98 Å². The predicted octanol–water partition coefficient (Wildman–Crippen LogP) is 3.44. The number of allylic oxidation sites excluding steroid dienone is 1. The Bertz CT molecular complexity index is 683. The van der Waals surface area contributed by atoms with Gasteiger partial charge in [-0.25, -0.2) is 9.78 Å². The van der Waals surface area contributed by atoms with E-state index >= 15 is 0 Å². The third kappa shape index (κ3) is 3.22. The highest BCUT2D eigenvalue weighted by atomic mass is 16.4. The lowest BCUT2D eigenvalue weighted by atomic mass is 10.1. The Kier molecular flexibility index (Phi) is 3.69. The van der Waals surface area contributed by atoms with Gasteiger partial charge in [-0.1, -0.05) is 19.9 Å². The summed E-state index contributed by atoms with van der Waals surface area (Å²) in [4.78, 5) is 16.0. The van der Waals surface area contributed by atoms with Crippen molar-refractivity contribution in [3.8, 4) is 0 Å². The van der Waals surface area contributed by atoms with Crippen LogP contribution in [-0.2, 0) is 0 Å². The highest BCUT2D eigenvalue weighted by molar-refractivity contribution is 5.73. The molecule has 4 nitrogen and oxygen atoms in total. The first-order valence-corrected chi connectivity index (χ1v) is 6.27. The van der Waals surface area contributed by atoms with Gasteiger partial charge in [0.15, 0.2) is 11.3 Å². The van der Waals surface area contributed by atoms with Crippen molar-refractivity contribution in [2.75, 3.05) is 0 Å². The topological polar surface area (TPSA) is 63.3 Å². The lowest BCUT2D eigenvalue weighted by Gasteiger charge is -2.03. The van der Waals surface area contributed by atoms with E-state index in [2.05, 4.69) is 4.98 Å². The van der Waals surface area contributed by atoms with E-state index < -0.39 is 5.63 Å². The number of aromatic nitrogens is 1. The molecule has 0 radical (unpaired) electrons. The Morgan fingerprint density at radius 1 is 1.47 bits per heavy atom. The van der Waals surface area contributed by atoms with Crippen molar-refractivity contribution in [3.05, 3.63) is 45.6 Å². The maximum absolute atomic E-state index is 11.8. The number of hydrogen-bond acceptors (Lipinski definition) is 4. The number of rotatable bonds is 3. The molecule has 0 fully saturated rings. The zero-order valence-electron chi connectivity index (χ0n) is 11.3. The Morgan fingerprint density at radius 3 is 2.89 bits per heavy atom. The highest BCUT2D eigenvalue weighted by Crippen LogP contribution is 2.14. The molecule has 0 aliphatic carbocycles. The molecule has 1 aromatic heterocycles. The maximum Gasteiger partial charge on any atom is 0.362 e. The molecule has 1 aromatic carbocycles. The van der Waals surface area contributed by atoms with E-state index in [4.69, 9.17) is 4.42 Å². The van der Waals surface area contributed by atoms with Gasteiger partial charge in [0.25, 0.3) is 0 Å². The second kappa shape index (κ2) is 5.26. The maximum atomic E-state index is 11.8. The van der Waals surface area contributed by atoms with Crippen molar-refractivity contribution in [3.63, 3.8) is 0 Å². The smallest absolute Gasteiger partial charge is 0.362 e. The van der Waals surface area contributed by atoms with Crippen LogP contribution in [0.2, 0.25) is 0 Å². The third-order valence-corrected chi connectivity index (χ3v) is 2.69. The summed E-state index contributed by atoms with van der Waals surface area (Å²) >= 11 is 0. The Labute approximate surface area is 111 Å².